The highest BCUT2D eigenvalue weighted by Gasteiger charge is 2.18. The summed E-state index contributed by atoms with van der Waals surface area (Å²) in [4.78, 5) is 12.8. The number of hydrogen-bond acceptors (Lipinski definition) is 2. The summed E-state index contributed by atoms with van der Waals surface area (Å²) < 4.78 is 0. The minimum absolute atomic E-state index is 0.0411. The standard InChI is InChI=1S/C8H8N2O/c11-8-4-5-9-7-3-1-2-6-10(7)8/h1-5,9H,6H2. The summed E-state index contributed by atoms with van der Waals surface area (Å²) >= 11 is 0. The van der Waals surface area contributed by atoms with E-state index in [1.165, 1.54) is 6.08 Å². The summed E-state index contributed by atoms with van der Waals surface area (Å²) in [7, 11) is 0. The lowest BCUT2D eigenvalue weighted by Gasteiger charge is -2.27. The lowest BCUT2D eigenvalue weighted by atomic mass is 10.3. The van der Waals surface area contributed by atoms with E-state index in [0.29, 0.717) is 6.54 Å². The van der Waals surface area contributed by atoms with Gasteiger partial charge in [-0.3, -0.25) is 9.69 Å². The third-order valence-electron chi connectivity index (χ3n) is 1.69. The Morgan fingerprint density at radius 2 is 2.45 bits per heavy atom. The van der Waals surface area contributed by atoms with Gasteiger partial charge in [0.1, 0.15) is 5.82 Å². The van der Waals surface area contributed by atoms with Crippen LogP contribution < -0.4 is 5.32 Å². The maximum absolute atomic E-state index is 11.2. The van der Waals surface area contributed by atoms with Gasteiger partial charge in [0.15, 0.2) is 0 Å². The molecule has 0 fully saturated rings. The average Bonchev–Trinajstić information content (AvgIpc) is 2.06. The van der Waals surface area contributed by atoms with Crippen molar-refractivity contribution in [2.45, 2.75) is 0 Å². The van der Waals surface area contributed by atoms with E-state index in [-0.39, 0.29) is 5.91 Å². The van der Waals surface area contributed by atoms with E-state index in [1.807, 2.05) is 18.2 Å². The fourth-order valence-corrected chi connectivity index (χ4v) is 1.14. The molecule has 0 spiro atoms. The first-order chi connectivity index (χ1) is 5.38. The number of carbonyl (C=O) groups excluding carboxylic acids is 1. The minimum atomic E-state index is 0.0411. The first kappa shape index (κ1) is 6.22. The average molecular weight is 148 g/mol. The first-order valence-electron chi connectivity index (χ1n) is 3.49. The number of nitrogens with zero attached hydrogens (tertiary/aromatic N) is 1. The predicted octanol–water partition coefficient (Wildman–Crippen LogP) is 0.343. The maximum atomic E-state index is 11.2. The monoisotopic (exact) mass is 148 g/mol. The molecule has 0 aromatic heterocycles. The molecule has 56 valence electrons. The van der Waals surface area contributed by atoms with Gasteiger partial charge in [-0.05, 0) is 6.08 Å². The van der Waals surface area contributed by atoms with Crippen LogP contribution in [0.3, 0.4) is 0 Å². The molecule has 1 N–H and O–H groups in total. The quantitative estimate of drug-likeness (QED) is 0.537. The Morgan fingerprint density at radius 1 is 1.55 bits per heavy atom. The third kappa shape index (κ3) is 0.941. The normalized spacial score (nSPS) is 20.9. The molecule has 0 bridgehead atoms. The summed E-state index contributed by atoms with van der Waals surface area (Å²) in [6.45, 7) is 0.669. The van der Waals surface area contributed by atoms with Crippen molar-refractivity contribution in [3.05, 3.63) is 36.3 Å². The number of hydrogen-bond donors (Lipinski definition) is 1. The second-order valence-corrected chi connectivity index (χ2v) is 2.41. The molecule has 0 unspecified atom stereocenters. The molecular weight excluding hydrogens is 140 g/mol. The fourth-order valence-electron chi connectivity index (χ4n) is 1.14. The predicted molar refractivity (Wildman–Crippen MR) is 41.2 cm³/mol. The van der Waals surface area contributed by atoms with Crippen LogP contribution >= 0.6 is 0 Å². The SMILES string of the molecule is O=C1C=CNC2=CC=CCN12. The number of carbonyl (C=O) groups is 1. The van der Waals surface area contributed by atoms with Crippen molar-refractivity contribution in [3.8, 4) is 0 Å². The van der Waals surface area contributed by atoms with Gasteiger partial charge in [-0.2, -0.15) is 0 Å². The van der Waals surface area contributed by atoms with Crippen molar-refractivity contribution in [1.82, 2.24) is 10.2 Å². The molecule has 3 heteroatoms. The number of rotatable bonds is 0. The second kappa shape index (κ2) is 2.27. The molecule has 2 aliphatic heterocycles. The van der Waals surface area contributed by atoms with Gasteiger partial charge in [0.05, 0.1) is 0 Å². The molecule has 0 aromatic carbocycles. The Hall–Kier alpha value is -1.51. The van der Waals surface area contributed by atoms with Gasteiger partial charge in [-0.15, -0.1) is 0 Å². The lowest BCUT2D eigenvalue weighted by molar-refractivity contribution is -0.124. The Balaban J connectivity index is 2.34. The van der Waals surface area contributed by atoms with Gasteiger partial charge in [0.2, 0.25) is 0 Å². The van der Waals surface area contributed by atoms with Crippen LogP contribution in [0.25, 0.3) is 0 Å². The molecule has 0 radical (unpaired) electrons. The van der Waals surface area contributed by atoms with E-state index in [9.17, 15) is 4.79 Å². The Morgan fingerprint density at radius 3 is 3.27 bits per heavy atom. The molecule has 0 atom stereocenters. The van der Waals surface area contributed by atoms with Gasteiger partial charge >= 0.3 is 0 Å². The van der Waals surface area contributed by atoms with E-state index in [0.717, 1.165) is 5.82 Å². The molecule has 3 nitrogen and oxygen atoms in total. The van der Waals surface area contributed by atoms with Crippen LogP contribution in [0.5, 0.6) is 0 Å². The number of nitrogens with one attached hydrogen (secondary N) is 1. The minimum Gasteiger partial charge on any atom is -0.348 e. The van der Waals surface area contributed by atoms with Gasteiger partial charge in [-0.25, -0.2) is 0 Å². The van der Waals surface area contributed by atoms with Crippen LogP contribution in [0.2, 0.25) is 0 Å². The van der Waals surface area contributed by atoms with Gasteiger partial charge in [-0.1, -0.05) is 12.2 Å². The smallest absolute Gasteiger partial charge is 0.253 e. The molecular formula is C8H8N2O. The van der Waals surface area contributed by atoms with Crippen molar-refractivity contribution in [1.29, 1.82) is 0 Å². The topological polar surface area (TPSA) is 32.3 Å². The van der Waals surface area contributed by atoms with Crippen molar-refractivity contribution in [2.75, 3.05) is 6.54 Å². The number of allylic oxidation sites excluding steroid dienone is 2. The Bertz CT molecular complexity index is 276. The van der Waals surface area contributed by atoms with Crippen LogP contribution in [0.15, 0.2) is 36.3 Å². The lowest BCUT2D eigenvalue weighted by Crippen LogP contribution is -2.38. The largest absolute Gasteiger partial charge is 0.348 e. The van der Waals surface area contributed by atoms with Gasteiger partial charge in [0, 0.05) is 18.8 Å². The number of amides is 1. The maximum Gasteiger partial charge on any atom is 0.253 e. The van der Waals surface area contributed by atoms with Crippen molar-refractivity contribution in [3.63, 3.8) is 0 Å². The zero-order valence-electron chi connectivity index (χ0n) is 5.95. The highest BCUT2D eigenvalue weighted by Crippen LogP contribution is 2.10. The van der Waals surface area contributed by atoms with Crippen LogP contribution in [0, 0.1) is 0 Å². The Labute approximate surface area is 64.7 Å². The number of fused-ring (bicyclic) bond motifs is 1. The van der Waals surface area contributed by atoms with Crippen molar-refractivity contribution < 1.29 is 4.79 Å². The van der Waals surface area contributed by atoms with E-state index in [1.54, 1.807) is 11.1 Å². The summed E-state index contributed by atoms with van der Waals surface area (Å²) in [5, 5.41) is 2.99. The van der Waals surface area contributed by atoms with Crippen molar-refractivity contribution >= 4 is 5.91 Å². The van der Waals surface area contributed by atoms with E-state index < -0.39 is 0 Å². The highest BCUT2D eigenvalue weighted by molar-refractivity contribution is 5.90. The molecule has 0 saturated carbocycles. The molecule has 11 heavy (non-hydrogen) atoms. The highest BCUT2D eigenvalue weighted by atomic mass is 16.2. The second-order valence-electron chi connectivity index (χ2n) is 2.41. The van der Waals surface area contributed by atoms with Crippen LogP contribution in [-0.2, 0) is 4.79 Å². The van der Waals surface area contributed by atoms with Gasteiger partial charge < -0.3 is 5.32 Å². The summed E-state index contributed by atoms with van der Waals surface area (Å²) in [5.41, 5.74) is 0. The molecule has 2 heterocycles. The van der Waals surface area contributed by atoms with Gasteiger partial charge in [0.25, 0.3) is 5.91 Å². The molecule has 2 aliphatic rings. The van der Waals surface area contributed by atoms with Crippen LogP contribution in [0.4, 0.5) is 0 Å². The molecule has 0 saturated heterocycles. The molecule has 2 rings (SSSR count). The van der Waals surface area contributed by atoms with Crippen molar-refractivity contribution in [2.24, 2.45) is 0 Å². The van der Waals surface area contributed by atoms with E-state index in [2.05, 4.69) is 5.32 Å². The summed E-state index contributed by atoms with van der Waals surface area (Å²) in [5.74, 6) is 0.902. The zero-order chi connectivity index (χ0) is 7.68. The fraction of sp³-hybridized carbons (Fsp3) is 0.125. The zero-order valence-corrected chi connectivity index (χ0v) is 5.95. The molecule has 0 aliphatic carbocycles. The van der Waals surface area contributed by atoms with Crippen LogP contribution in [-0.4, -0.2) is 17.4 Å². The third-order valence-corrected chi connectivity index (χ3v) is 1.69. The van der Waals surface area contributed by atoms with Crippen LogP contribution in [0.1, 0.15) is 0 Å². The molecule has 1 amide bonds. The summed E-state index contributed by atoms with van der Waals surface area (Å²) in [6.07, 6.45) is 8.94. The van der Waals surface area contributed by atoms with E-state index >= 15 is 0 Å². The molecule has 0 aromatic rings. The summed E-state index contributed by atoms with van der Waals surface area (Å²) in [6, 6.07) is 0. The van der Waals surface area contributed by atoms with E-state index in [4.69, 9.17) is 0 Å². The first-order valence-corrected chi connectivity index (χ1v) is 3.49. The Kier molecular flexibility index (Phi) is 1.28.